The number of likely N-dealkylation sites (tertiary alicyclic amines) is 1. The molecule has 0 aliphatic carbocycles. The van der Waals surface area contributed by atoms with Crippen molar-refractivity contribution >= 4 is 21.7 Å². The average Bonchev–Trinajstić information content (AvgIpc) is 2.59. The highest BCUT2D eigenvalue weighted by atomic mass is 32.2. The van der Waals surface area contributed by atoms with E-state index in [-0.39, 0.29) is 29.7 Å². The van der Waals surface area contributed by atoms with Gasteiger partial charge in [0, 0.05) is 25.8 Å². The number of carboxylic acid groups (broad SMARTS) is 1. The summed E-state index contributed by atoms with van der Waals surface area (Å²) < 4.78 is 28.9. The van der Waals surface area contributed by atoms with Gasteiger partial charge in [-0.3, -0.25) is 9.59 Å². The van der Waals surface area contributed by atoms with Crippen LogP contribution in [0.25, 0.3) is 0 Å². The molecule has 0 aromatic heterocycles. The molecule has 1 aromatic rings. The van der Waals surface area contributed by atoms with Gasteiger partial charge in [0.05, 0.1) is 23.2 Å². The molecule has 0 radical (unpaired) electrons. The summed E-state index contributed by atoms with van der Waals surface area (Å²) in [6, 6.07) is 5.73. The molecular weight excluding hydrogens is 334 g/mol. The van der Waals surface area contributed by atoms with Gasteiger partial charge in [0.2, 0.25) is 0 Å². The van der Waals surface area contributed by atoms with E-state index in [9.17, 15) is 18.0 Å². The monoisotopic (exact) mass is 355 g/mol. The lowest BCUT2D eigenvalue weighted by molar-refractivity contribution is -0.143. The summed E-state index contributed by atoms with van der Waals surface area (Å²) in [7, 11) is -2.01. The summed E-state index contributed by atoms with van der Waals surface area (Å²) in [5, 5.41) is 9.09. The van der Waals surface area contributed by atoms with Gasteiger partial charge in [-0.2, -0.15) is 0 Å². The largest absolute Gasteiger partial charge is 0.481 e. The number of hydrogen-bond donors (Lipinski definition) is 1. The molecule has 1 aromatic carbocycles. The molecule has 1 amide bonds. The lowest BCUT2D eigenvalue weighted by Gasteiger charge is -2.30. The summed E-state index contributed by atoms with van der Waals surface area (Å²) in [4.78, 5) is 25.2. The summed E-state index contributed by atoms with van der Waals surface area (Å²) in [5.74, 6) is -1.84. The Morgan fingerprint density at radius 1 is 1.29 bits per heavy atom. The van der Waals surface area contributed by atoms with Crippen molar-refractivity contribution in [3.05, 3.63) is 29.8 Å². The predicted molar refractivity (Wildman–Crippen MR) is 86.6 cm³/mol. The van der Waals surface area contributed by atoms with Gasteiger partial charge in [0.1, 0.15) is 0 Å². The molecule has 1 N–H and O–H groups in total. The van der Waals surface area contributed by atoms with Crippen molar-refractivity contribution in [1.82, 2.24) is 4.90 Å². The number of methoxy groups -OCH3 is 1. The van der Waals surface area contributed by atoms with Crippen molar-refractivity contribution in [2.45, 2.75) is 17.7 Å². The fourth-order valence-corrected chi connectivity index (χ4v) is 3.83. The number of nitrogens with zero attached hydrogens (tertiary/aromatic N) is 1. The summed E-state index contributed by atoms with van der Waals surface area (Å²) in [6.45, 7) is 0.798. The fourth-order valence-electron chi connectivity index (χ4n) is 2.66. The molecular formula is C16H21NO6S. The number of sulfone groups is 1. The summed E-state index contributed by atoms with van der Waals surface area (Å²) in [5.41, 5.74) is 0.353. The molecule has 7 nitrogen and oxygen atoms in total. The number of hydrogen-bond acceptors (Lipinski definition) is 5. The number of amides is 1. The number of carbonyl (C=O) groups is 2. The number of benzene rings is 1. The predicted octanol–water partition coefficient (Wildman–Crippen LogP) is 1.04. The van der Waals surface area contributed by atoms with Gasteiger partial charge in [-0.1, -0.05) is 0 Å². The van der Waals surface area contributed by atoms with E-state index in [2.05, 4.69) is 0 Å². The second kappa shape index (κ2) is 7.76. The van der Waals surface area contributed by atoms with Gasteiger partial charge in [0.15, 0.2) is 9.84 Å². The second-order valence-corrected chi connectivity index (χ2v) is 7.87. The van der Waals surface area contributed by atoms with Crippen LogP contribution in [0.5, 0.6) is 0 Å². The molecule has 0 spiro atoms. The van der Waals surface area contributed by atoms with Gasteiger partial charge in [-0.15, -0.1) is 0 Å². The maximum absolute atomic E-state index is 12.5. The quantitative estimate of drug-likeness (QED) is 0.818. The van der Waals surface area contributed by atoms with Crippen LogP contribution < -0.4 is 0 Å². The highest BCUT2D eigenvalue weighted by molar-refractivity contribution is 7.91. The zero-order valence-electron chi connectivity index (χ0n) is 13.5. The molecule has 2 rings (SSSR count). The lowest BCUT2D eigenvalue weighted by Crippen LogP contribution is -2.42. The molecule has 0 bridgehead atoms. The van der Waals surface area contributed by atoms with E-state index in [1.54, 1.807) is 0 Å². The van der Waals surface area contributed by atoms with Crippen molar-refractivity contribution in [2.24, 2.45) is 5.92 Å². The third-order valence-electron chi connectivity index (χ3n) is 4.07. The number of piperidine rings is 1. The SMILES string of the molecule is COCCS(=O)(=O)c1ccc(C(=O)N2CCC[C@H](C(=O)O)C2)cc1. The van der Waals surface area contributed by atoms with Crippen LogP contribution in [-0.4, -0.2) is 62.9 Å². The van der Waals surface area contributed by atoms with Crippen LogP contribution in [0.1, 0.15) is 23.2 Å². The van der Waals surface area contributed by atoms with Gasteiger partial charge in [-0.25, -0.2) is 8.42 Å². The van der Waals surface area contributed by atoms with Crippen molar-refractivity contribution < 1.29 is 27.9 Å². The first kappa shape index (κ1) is 18.4. The molecule has 0 unspecified atom stereocenters. The third kappa shape index (κ3) is 4.33. The minimum Gasteiger partial charge on any atom is -0.481 e. The lowest BCUT2D eigenvalue weighted by atomic mass is 9.97. The van der Waals surface area contributed by atoms with Crippen LogP contribution in [0.4, 0.5) is 0 Å². The summed E-state index contributed by atoms with van der Waals surface area (Å²) in [6.07, 6.45) is 1.21. The van der Waals surface area contributed by atoms with E-state index in [1.807, 2.05) is 0 Å². The number of ether oxygens (including phenoxy) is 1. The van der Waals surface area contributed by atoms with Crippen molar-refractivity contribution in [3.8, 4) is 0 Å². The van der Waals surface area contributed by atoms with Gasteiger partial charge in [-0.05, 0) is 37.1 Å². The number of aliphatic carboxylic acids is 1. The Morgan fingerprint density at radius 3 is 2.54 bits per heavy atom. The Hall–Kier alpha value is -1.93. The number of carboxylic acids is 1. The molecule has 1 aliphatic rings. The molecule has 0 saturated carbocycles. The van der Waals surface area contributed by atoms with Crippen molar-refractivity contribution in [3.63, 3.8) is 0 Å². The minimum atomic E-state index is -3.44. The fraction of sp³-hybridized carbons (Fsp3) is 0.500. The minimum absolute atomic E-state index is 0.105. The van der Waals surface area contributed by atoms with E-state index >= 15 is 0 Å². The third-order valence-corrected chi connectivity index (χ3v) is 5.77. The molecule has 1 aliphatic heterocycles. The molecule has 1 atom stereocenters. The normalized spacial score (nSPS) is 18.4. The van der Waals surface area contributed by atoms with Gasteiger partial charge >= 0.3 is 5.97 Å². The van der Waals surface area contributed by atoms with Crippen LogP contribution in [0.3, 0.4) is 0 Å². The van der Waals surface area contributed by atoms with Crippen LogP contribution in [0.15, 0.2) is 29.2 Å². The Bertz CT molecular complexity index is 698. The van der Waals surface area contributed by atoms with Crippen LogP contribution >= 0.6 is 0 Å². The Kier molecular flexibility index (Phi) is 5.95. The molecule has 24 heavy (non-hydrogen) atoms. The zero-order valence-corrected chi connectivity index (χ0v) is 14.3. The van der Waals surface area contributed by atoms with Gasteiger partial charge < -0.3 is 14.7 Å². The van der Waals surface area contributed by atoms with Crippen molar-refractivity contribution in [1.29, 1.82) is 0 Å². The maximum Gasteiger partial charge on any atom is 0.308 e. The average molecular weight is 355 g/mol. The van der Waals surface area contributed by atoms with E-state index in [4.69, 9.17) is 9.84 Å². The van der Waals surface area contributed by atoms with E-state index in [1.165, 1.54) is 36.3 Å². The van der Waals surface area contributed by atoms with Crippen molar-refractivity contribution in [2.75, 3.05) is 32.6 Å². The summed E-state index contributed by atoms with van der Waals surface area (Å²) >= 11 is 0. The molecule has 8 heteroatoms. The maximum atomic E-state index is 12.5. The first-order valence-electron chi connectivity index (χ1n) is 7.69. The van der Waals surface area contributed by atoms with E-state index in [0.29, 0.717) is 24.9 Å². The molecule has 132 valence electrons. The van der Waals surface area contributed by atoms with Crippen LogP contribution in [0.2, 0.25) is 0 Å². The topological polar surface area (TPSA) is 101 Å². The first-order chi connectivity index (χ1) is 11.3. The van der Waals surface area contributed by atoms with E-state index in [0.717, 1.165) is 0 Å². The zero-order chi connectivity index (χ0) is 17.7. The number of carbonyl (C=O) groups excluding carboxylic acids is 1. The first-order valence-corrected chi connectivity index (χ1v) is 9.34. The standard InChI is InChI=1S/C16H21NO6S/c1-23-9-10-24(21,22)14-6-4-12(5-7-14)15(18)17-8-2-3-13(11-17)16(19)20/h4-7,13H,2-3,8-11H2,1H3,(H,19,20)/t13-/m0/s1. The molecule has 1 heterocycles. The highest BCUT2D eigenvalue weighted by Crippen LogP contribution is 2.20. The van der Waals surface area contributed by atoms with Crippen LogP contribution in [-0.2, 0) is 19.4 Å². The molecule has 1 fully saturated rings. The number of rotatable bonds is 6. The second-order valence-electron chi connectivity index (χ2n) is 5.76. The van der Waals surface area contributed by atoms with E-state index < -0.39 is 21.7 Å². The highest BCUT2D eigenvalue weighted by Gasteiger charge is 2.28. The Balaban J connectivity index is 2.10. The Morgan fingerprint density at radius 2 is 1.96 bits per heavy atom. The molecule has 1 saturated heterocycles. The van der Waals surface area contributed by atoms with Crippen LogP contribution in [0, 0.1) is 5.92 Å². The Labute approximate surface area is 141 Å². The smallest absolute Gasteiger partial charge is 0.308 e. The van der Waals surface area contributed by atoms with Gasteiger partial charge in [0.25, 0.3) is 5.91 Å².